The number of hydrogen-bond donors (Lipinski definition) is 3. The molecule has 0 spiro atoms. The van der Waals surface area contributed by atoms with Crippen molar-refractivity contribution in [2.45, 2.75) is 25.5 Å². The highest BCUT2D eigenvalue weighted by Gasteiger charge is 2.16. The summed E-state index contributed by atoms with van der Waals surface area (Å²) < 4.78 is 5.08. The number of carbonyl (C=O) groups is 1. The number of benzene rings is 1. The van der Waals surface area contributed by atoms with E-state index in [1.54, 1.807) is 7.11 Å². The Labute approximate surface area is 118 Å². The number of amides is 1. The molecule has 0 bridgehead atoms. The van der Waals surface area contributed by atoms with Crippen molar-refractivity contribution < 1.29 is 9.53 Å². The minimum absolute atomic E-state index is 0.0146. The SMILES string of the molecule is COC(C)CNC(=O)C(N)Cc1c[nH]c2ccccc12. The molecule has 0 fully saturated rings. The number of aromatic amines is 1. The summed E-state index contributed by atoms with van der Waals surface area (Å²) in [4.78, 5) is 15.1. The van der Waals surface area contributed by atoms with Gasteiger partial charge in [-0.1, -0.05) is 18.2 Å². The highest BCUT2D eigenvalue weighted by Crippen LogP contribution is 2.18. The van der Waals surface area contributed by atoms with Gasteiger partial charge in [0.25, 0.3) is 0 Å². The van der Waals surface area contributed by atoms with Gasteiger partial charge < -0.3 is 20.8 Å². The van der Waals surface area contributed by atoms with Crippen LogP contribution < -0.4 is 11.1 Å². The van der Waals surface area contributed by atoms with Gasteiger partial charge in [0.05, 0.1) is 12.1 Å². The van der Waals surface area contributed by atoms with Crippen molar-refractivity contribution in [3.05, 3.63) is 36.0 Å². The zero-order chi connectivity index (χ0) is 14.5. The van der Waals surface area contributed by atoms with Crippen LogP contribution in [0.5, 0.6) is 0 Å². The molecule has 108 valence electrons. The van der Waals surface area contributed by atoms with E-state index in [1.165, 1.54) is 0 Å². The number of methoxy groups -OCH3 is 1. The molecule has 1 amide bonds. The summed E-state index contributed by atoms with van der Waals surface area (Å²) in [6, 6.07) is 7.43. The van der Waals surface area contributed by atoms with Crippen LogP contribution in [0.3, 0.4) is 0 Å². The molecule has 4 N–H and O–H groups in total. The van der Waals surface area contributed by atoms with Crippen molar-refractivity contribution in [3.8, 4) is 0 Å². The first-order valence-corrected chi connectivity index (χ1v) is 6.73. The predicted molar refractivity (Wildman–Crippen MR) is 79.5 cm³/mol. The third-order valence-corrected chi connectivity index (χ3v) is 3.42. The molecule has 1 aromatic carbocycles. The first-order chi connectivity index (χ1) is 9.61. The lowest BCUT2D eigenvalue weighted by Gasteiger charge is -2.14. The van der Waals surface area contributed by atoms with Crippen LogP contribution in [0, 0.1) is 0 Å². The summed E-state index contributed by atoms with van der Waals surface area (Å²) in [5.41, 5.74) is 8.08. The second kappa shape index (κ2) is 6.54. The summed E-state index contributed by atoms with van der Waals surface area (Å²) >= 11 is 0. The van der Waals surface area contributed by atoms with E-state index in [0.717, 1.165) is 16.5 Å². The van der Waals surface area contributed by atoms with Crippen LogP contribution in [0.15, 0.2) is 30.5 Å². The van der Waals surface area contributed by atoms with Gasteiger partial charge in [0.15, 0.2) is 0 Å². The van der Waals surface area contributed by atoms with Crippen LogP contribution in [0.1, 0.15) is 12.5 Å². The van der Waals surface area contributed by atoms with Crippen LogP contribution in [0.25, 0.3) is 10.9 Å². The van der Waals surface area contributed by atoms with E-state index in [9.17, 15) is 4.79 Å². The Hall–Kier alpha value is -1.85. The van der Waals surface area contributed by atoms with Crippen LogP contribution >= 0.6 is 0 Å². The van der Waals surface area contributed by atoms with Gasteiger partial charge >= 0.3 is 0 Å². The number of para-hydroxylation sites is 1. The molecule has 0 aliphatic rings. The van der Waals surface area contributed by atoms with Crippen molar-refractivity contribution in [1.82, 2.24) is 10.3 Å². The molecule has 1 aromatic heterocycles. The van der Waals surface area contributed by atoms with Gasteiger partial charge in [-0.25, -0.2) is 0 Å². The quantitative estimate of drug-likeness (QED) is 0.741. The first kappa shape index (κ1) is 14.6. The lowest BCUT2D eigenvalue weighted by Crippen LogP contribution is -2.44. The zero-order valence-electron chi connectivity index (χ0n) is 11.8. The molecule has 0 saturated heterocycles. The number of hydrogen-bond acceptors (Lipinski definition) is 3. The van der Waals surface area contributed by atoms with Gasteiger partial charge in [-0.3, -0.25) is 4.79 Å². The summed E-state index contributed by atoms with van der Waals surface area (Å²) in [7, 11) is 1.61. The Bertz CT molecular complexity index is 579. The third-order valence-electron chi connectivity index (χ3n) is 3.42. The molecular formula is C15H21N3O2. The lowest BCUT2D eigenvalue weighted by atomic mass is 10.1. The van der Waals surface area contributed by atoms with Crippen molar-refractivity contribution >= 4 is 16.8 Å². The van der Waals surface area contributed by atoms with Crippen LogP contribution in [-0.4, -0.2) is 36.7 Å². The zero-order valence-corrected chi connectivity index (χ0v) is 11.8. The molecule has 0 aliphatic heterocycles. The topological polar surface area (TPSA) is 80.1 Å². The molecule has 1 heterocycles. The maximum absolute atomic E-state index is 11.9. The normalized spacial score (nSPS) is 14.2. The summed E-state index contributed by atoms with van der Waals surface area (Å²) in [5, 5.41) is 3.91. The number of ether oxygens (including phenoxy) is 1. The molecule has 2 rings (SSSR count). The number of nitrogens with one attached hydrogen (secondary N) is 2. The van der Waals surface area contributed by atoms with Gasteiger partial charge in [-0.2, -0.15) is 0 Å². The second-order valence-electron chi connectivity index (χ2n) is 4.96. The number of nitrogens with two attached hydrogens (primary N) is 1. The van der Waals surface area contributed by atoms with Crippen molar-refractivity contribution in [1.29, 1.82) is 0 Å². The fourth-order valence-electron chi connectivity index (χ4n) is 2.09. The minimum atomic E-state index is -0.557. The molecule has 0 radical (unpaired) electrons. The Morgan fingerprint density at radius 2 is 2.20 bits per heavy atom. The number of fused-ring (bicyclic) bond motifs is 1. The predicted octanol–water partition coefficient (Wildman–Crippen LogP) is 1.19. The van der Waals surface area contributed by atoms with E-state index >= 15 is 0 Å². The van der Waals surface area contributed by atoms with Crippen molar-refractivity contribution in [2.24, 2.45) is 5.73 Å². The van der Waals surface area contributed by atoms with E-state index in [0.29, 0.717) is 13.0 Å². The number of aromatic nitrogens is 1. The van der Waals surface area contributed by atoms with E-state index in [2.05, 4.69) is 10.3 Å². The van der Waals surface area contributed by atoms with Crippen LogP contribution in [0.4, 0.5) is 0 Å². The van der Waals surface area contributed by atoms with Gasteiger partial charge in [0.1, 0.15) is 0 Å². The van der Waals surface area contributed by atoms with Gasteiger partial charge in [-0.05, 0) is 25.0 Å². The second-order valence-corrected chi connectivity index (χ2v) is 4.96. The molecule has 2 unspecified atom stereocenters. The van der Waals surface area contributed by atoms with E-state index in [-0.39, 0.29) is 12.0 Å². The van der Waals surface area contributed by atoms with Gasteiger partial charge in [0, 0.05) is 30.8 Å². The van der Waals surface area contributed by atoms with Gasteiger partial charge in [-0.15, -0.1) is 0 Å². The van der Waals surface area contributed by atoms with Crippen LogP contribution in [-0.2, 0) is 16.0 Å². The van der Waals surface area contributed by atoms with Gasteiger partial charge in [0.2, 0.25) is 5.91 Å². The molecule has 20 heavy (non-hydrogen) atoms. The molecule has 0 aliphatic carbocycles. The highest BCUT2D eigenvalue weighted by molar-refractivity contribution is 5.86. The fraction of sp³-hybridized carbons (Fsp3) is 0.400. The largest absolute Gasteiger partial charge is 0.380 e. The summed E-state index contributed by atoms with van der Waals surface area (Å²) in [6.45, 7) is 2.36. The van der Waals surface area contributed by atoms with E-state index < -0.39 is 6.04 Å². The Kier molecular flexibility index (Phi) is 4.76. The fourth-order valence-corrected chi connectivity index (χ4v) is 2.09. The Morgan fingerprint density at radius 1 is 1.45 bits per heavy atom. The summed E-state index contributed by atoms with van der Waals surface area (Å²) in [5.74, 6) is -0.154. The molecular weight excluding hydrogens is 254 g/mol. The number of rotatable bonds is 6. The van der Waals surface area contributed by atoms with E-state index in [4.69, 9.17) is 10.5 Å². The standard InChI is InChI=1S/C15H21N3O2/c1-10(20-2)8-18-15(19)13(16)7-11-9-17-14-6-4-3-5-12(11)14/h3-6,9-10,13,17H,7-8,16H2,1-2H3,(H,18,19). The summed E-state index contributed by atoms with van der Waals surface area (Å²) in [6.07, 6.45) is 2.41. The van der Waals surface area contributed by atoms with Crippen molar-refractivity contribution in [3.63, 3.8) is 0 Å². The average Bonchev–Trinajstić information content (AvgIpc) is 2.87. The Balaban J connectivity index is 1.97. The molecule has 2 aromatic rings. The molecule has 0 saturated carbocycles. The smallest absolute Gasteiger partial charge is 0.237 e. The van der Waals surface area contributed by atoms with Crippen LogP contribution in [0.2, 0.25) is 0 Å². The molecule has 5 heteroatoms. The van der Waals surface area contributed by atoms with Crippen molar-refractivity contribution in [2.75, 3.05) is 13.7 Å². The maximum Gasteiger partial charge on any atom is 0.237 e. The molecule has 2 atom stereocenters. The lowest BCUT2D eigenvalue weighted by molar-refractivity contribution is -0.122. The highest BCUT2D eigenvalue weighted by atomic mass is 16.5. The first-order valence-electron chi connectivity index (χ1n) is 6.73. The average molecular weight is 275 g/mol. The monoisotopic (exact) mass is 275 g/mol. The maximum atomic E-state index is 11.9. The Morgan fingerprint density at radius 3 is 2.95 bits per heavy atom. The number of H-pyrrole nitrogens is 1. The van der Waals surface area contributed by atoms with E-state index in [1.807, 2.05) is 37.4 Å². The third kappa shape index (κ3) is 3.37. The molecule has 5 nitrogen and oxygen atoms in total. The minimum Gasteiger partial charge on any atom is -0.380 e. The number of carbonyl (C=O) groups excluding carboxylic acids is 1.